The second-order valence-electron chi connectivity index (χ2n) is 5.38. The highest BCUT2D eigenvalue weighted by molar-refractivity contribution is 7.99. The Labute approximate surface area is 142 Å². The van der Waals surface area contributed by atoms with Gasteiger partial charge in [0.15, 0.2) is 16.8 Å². The molecule has 23 heavy (non-hydrogen) atoms. The fourth-order valence-corrected chi connectivity index (χ4v) is 3.86. The van der Waals surface area contributed by atoms with Crippen LogP contribution >= 0.6 is 23.1 Å². The third-order valence-electron chi connectivity index (χ3n) is 3.55. The molecule has 0 bridgehead atoms. The molecule has 1 atom stereocenters. The molecule has 1 aliphatic carbocycles. The molecule has 0 amide bonds. The summed E-state index contributed by atoms with van der Waals surface area (Å²) in [6, 6.07) is 6.28. The lowest BCUT2D eigenvalue weighted by atomic mass is 10.0. The van der Waals surface area contributed by atoms with Gasteiger partial charge >= 0.3 is 0 Å². The van der Waals surface area contributed by atoms with E-state index in [-0.39, 0.29) is 17.2 Å². The van der Waals surface area contributed by atoms with Gasteiger partial charge in [-0.15, -0.1) is 21.5 Å². The smallest absolute Gasteiger partial charge is 0.192 e. The van der Waals surface area contributed by atoms with Crippen molar-refractivity contribution in [1.29, 1.82) is 10.7 Å². The molecule has 8 heteroatoms. The topological polar surface area (TPSA) is 95.4 Å². The average Bonchev–Trinajstić information content (AvgIpc) is 3.05. The molecular formula is C15H15N5OS2. The Morgan fingerprint density at radius 1 is 1.61 bits per heavy atom. The number of hydrogen-bond donors (Lipinski definition) is 1. The van der Waals surface area contributed by atoms with Crippen molar-refractivity contribution in [2.45, 2.75) is 31.0 Å². The standard InChI is InChI=1S/C15H15N5OS2/c1-9(17)11(7-16)12(21)8-23-15-19-18-14(13-3-2-6-22-13)20(15)10-4-5-10/h2-3,6,10-11,17H,4-5,8H2,1H3. The summed E-state index contributed by atoms with van der Waals surface area (Å²) in [6.45, 7) is 1.48. The van der Waals surface area contributed by atoms with E-state index in [0.29, 0.717) is 11.2 Å². The van der Waals surface area contributed by atoms with Gasteiger partial charge in [0.1, 0.15) is 5.92 Å². The number of thiophene rings is 1. The van der Waals surface area contributed by atoms with Crippen LogP contribution in [-0.4, -0.2) is 32.0 Å². The molecule has 2 aromatic heterocycles. The first-order valence-electron chi connectivity index (χ1n) is 7.20. The molecule has 1 N–H and O–H groups in total. The molecular weight excluding hydrogens is 330 g/mol. The van der Waals surface area contributed by atoms with Crippen molar-refractivity contribution in [3.05, 3.63) is 17.5 Å². The molecule has 3 rings (SSSR count). The molecule has 0 spiro atoms. The van der Waals surface area contributed by atoms with Crippen molar-refractivity contribution in [2.24, 2.45) is 5.92 Å². The first-order valence-corrected chi connectivity index (χ1v) is 9.07. The van der Waals surface area contributed by atoms with Crippen LogP contribution < -0.4 is 0 Å². The number of nitrogens with one attached hydrogen (secondary N) is 1. The van der Waals surface area contributed by atoms with Crippen LogP contribution in [0.1, 0.15) is 25.8 Å². The molecule has 118 valence electrons. The Morgan fingerprint density at radius 2 is 2.39 bits per heavy atom. The first-order chi connectivity index (χ1) is 11.1. The van der Waals surface area contributed by atoms with Crippen LogP contribution in [0.4, 0.5) is 0 Å². The second kappa shape index (κ2) is 6.64. The third-order valence-corrected chi connectivity index (χ3v) is 5.38. The van der Waals surface area contributed by atoms with Crippen molar-refractivity contribution in [2.75, 3.05) is 5.75 Å². The highest BCUT2D eigenvalue weighted by Crippen LogP contribution is 2.41. The predicted molar refractivity (Wildman–Crippen MR) is 89.8 cm³/mol. The average molecular weight is 345 g/mol. The third kappa shape index (κ3) is 3.35. The number of thioether (sulfide) groups is 1. The van der Waals surface area contributed by atoms with Gasteiger partial charge in [-0.25, -0.2) is 0 Å². The maximum absolute atomic E-state index is 12.1. The van der Waals surface area contributed by atoms with E-state index >= 15 is 0 Å². The number of hydrogen-bond acceptors (Lipinski definition) is 7. The molecule has 0 radical (unpaired) electrons. The van der Waals surface area contributed by atoms with Gasteiger partial charge in [0.25, 0.3) is 0 Å². The summed E-state index contributed by atoms with van der Waals surface area (Å²) in [5, 5.41) is 27.7. The van der Waals surface area contributed by atoms with Gasteiger partial charge in [0, 0.05) is 11.8 Å². The minimum atomic E-state index is -0.962. The van der Waals surface area contributed by atoms with E-state index < -0.39 is 5.92 Å². The molecule has 0 saturated heterocycles. The van der Waals surface area contributed by atoms with Crippen LogP contribution in [0.3, 0.4) is 0 Å². The van der Waals surface area contributed by atoms with Crippen molar-refractivity contribution in [3.8, 4) is 16.8 Å². The summed E-state index contributed by atoms with van der Waals surface area (Å²) in [4.78, 5) is 13.1. The lowest BCUT2D eigenvalue weighted by Crippen LogP contribution is -2.21. The number of carbonyl (C=O) groups is 1. The van der Waals surface area contributed by atoms with Gasteiger partial charge in [0.05, 0.1) is 16.7 Å². The number of ketones is 1. The van der Waals surface area contributed by atoms with Gasteiger partial charge in [-0.3, -0.25) is 9.36 Å². The highest BCUT2D eigenvalue weighted by atomic mass is 32.2. The van der Waals surface area contributed by atoms with Gasteiger partial charge in [-0.2, -0.15) is 5.26 Å². The predicted octanol–water partition coefficient (Wildman–Crippen LogP) is 3.18. The van der Waals surface area contributed by atoms with E-state index in [1.165, 1.54) is 18.7 Å². The molecule has 2 aromatic rings. The Morgan fingerprint density at radius 3 is 2.96 bits per heavy atom. The van der Waals surface area contributed by atoms with Crippen molar-refractivity contribution < 1.29 is 4.79 Å². The Hall–Kier alpha value is -1.98. The molecule has 0 aromatic carbocycles. The second-order valence-corrected chi connectivity index (χ2v) is 7.27. The Kier molecular flexibility index (Phi) is 4.59. The summed E-state index contributed by atoms with van der Waals surface area (Å²) in [5.41, 5.74) is 0.0843. The number of rotatable bonds is 7. The molecule has 1 saturated carbocycles. The zero-order chi connectivity index (χ0) is 16.4. The van der Waals surface area contributed by atoms with Crippen LogP contribution in [0.25, 0.3) is 10.7 Å². The monoisotopic (exact) mass is 345 g/mol. The maximum atomic E-state index is 12.1. The zero-order valence-corrected chi connectivity index (χ0v) is 14.2. The maximum Gasteiger partial charge on any atom is 0.192 e. The number of carbonyl (C=O) groups excluding carboxylic acids is 1. The number of nitrogens with zero attached hydrogens (tertiary/aromatic N) is 4. The van der Waals surface area contributed by atoms with Crippen LogP contribution in [-0.2, 0) is 4.79 Å². The molecule has 1 aliphatic rings. The van der Waals surface area contributed by atoms with Gasteiger partial charge < -0.3 is 5.41 Å². The van der Waals surface area contributed by atoms with E-state index in [9.17, 15) is 4.79 Å². The molecule has 0 aliphatic heterocycles. The Bertz CT molecular complexity index is 770. The van der Waals surface area contributed by atoms with E-state index in [1.54, 1.807) is 11.3 Å². The van der Waals surface area contributed by atoms with Gasteiger partial charge in [-0.1, -0.05) is 17.8 Å². The zero-order valence-electron chi connectivity index (χ0n) is 12.5. The van der Waals surface area contributed by atoms with Crippen LogP contribution in [0.15, 0.2) is 22.7 Å². The van der Waals surface area contributed by atoms with Crippen molar-refractivity contribution in [1.82, 2.24) is 14.8 Å². The van der Waals surface area contributed by atoms with E-state index in [4.69, 9.17) is 10.7 Å². The normalized spacial score (nSPS) is 15.1. The van der Waals surface area contributed by atoms with Crippen LogP contribution in [0.5, 0.6) is 0 Å². The fraction of sp³-hybridized carbons (Fsp3) is 0.400. The van der Waals surface area contributed by atoms with E-state index in [0.717, 1.165) is 23.5 Å². The van der Waals surface area contributed by atoms with E-state index in [1.807, 2.05) is 23.6 Å². The summed E-state index contributed by atoms with van der Waals surface area (Å²) >= 11 is 2.91. The lowest BCUT2D eigenvalue weighted by molar-refractivity contribution is -0.117. The number of aromatic nitrogens is 3. The lowest BCUT2D eigenvalue weighted by Gasteiger charge is -2.08. The molecule has 1 fully saturated rings. The van der Waals surface area contributed by atoms with E-state index in [2.05, 4.69) is 14.8 Å². The molecule has 6 nitrogen and oxygen atoms in total. The number of Topliss-reactive ketones (excluding diaryl/α,β-unsaturated/α-hetero) is 1. The minimum absolute atomic E-state index is 0.0843. The SMILES string of the molecule is CC(=N)C(C#N)C(=O)CSc1nnc(-c2cccs2)n1C1CC1. The molecule has 2 heterocycles. The summed E-state index contributed by atoms with van der Waals surface area (Å²) < 4.78 is 2.10. The summed E-state index contributed by atoms with van der Waals surface area (Å²) in [5.74, 6) is -0.244. The fourth-order valence-electron chi connectivity index (χ4n) is 2.24. The van der Waals surface area contributed by atoms with Crippen LogP contribution in [0.2, 0.25) is 0 Å². The summed E-state index contributed by atoms with van der Waals surface area (Å²) in [7, 11) is 0. The van der Waals surface area contributed by atoms with Gasteiger partial charge in [-0.05, 0) is 31.2 Å². The first kappa shape index (κ1) is 15.9. The van der Waals surface area contributed by atoms with Crippen molar-refractivity contribution in [3.63, 3.8) is 0 Å². The number of nitriles is 1. The molecule has 1 unspecified atom stereocenters. The van der Waals surface area contributed by atoms with Crippen LogP contribution in [0, 0.1) is 22.7 Å². The Balaban J connectivity index is 1.78. The minimum Gasteiger partial charge on any atom is -0.308 e. The highest BCUT2D eigenvalue weighted by Gasteiger charge is 2.31. The largest absolute Gasteiger partial charge is 0.308 e. The van der Waals surface area contributed by atoms with Crippen molar-refractivity contribution >= 4 is 34.6 Å². The van der Waals surface area contributed by atoms with Gasteiger partial charge in [0.2, 0.25) is 0 Å². The summed E-state index contributed by atoms with van der Waals surface area (Å²) in [6.07, 6.45) is 2.19. The quantitative estimate of drug-likeness (QED) is 0.614.